The number of phenolic OH excluding ortho intramolecular Hbond substituents is 1. The Balaban J connectivity index is 2.16. The van der Waals surface area contributed by atoms with Gasteiger partial charge in [0, 0.05) is 24.7 Å². The zero-order valence-electron chi connectivity index (χ0n) is 11.3. The van der Waals surface area contributed by atoms with Crippen molar-refractivity contribution in [1.29, 1.82) is 0 Å². The average Bonchev–Trinajstić information content (AvgIpc) is 2.79. The van der Waals surface area contributed by atoms with E-state index in [0.717, 1.165) is 25.9 Å². The zero-order chi connectivity index (χ0) is 14.0. The van der Waals surface area contributed by atoms with Gasteiger partial charge in [-0.3, -0.25) is 4.79 Å². The molecule has 4 nitrogen and oxygen atoms in total. The first-order chi connectivity index (χ1) is 8.99. The number of carbonyl (C=O) groups is 1. The summed E-state index contributed by atoms with van der Waals surface area (Å²) in [6.45, 7) is 1.66. The van der Waals surface area contributed by atoms with Gasteiger partial charge >= 0.3 is 0 Å². The molecule has 1 saturated heterocycles. The van der Waals surface area contributed by atoms with Crippen molar-refractivity contribution in [2.45, 2.75) is 18.9 Å². The Hall–Kier alpha value is -1.26. The van der Waals surface area contributed by atoms with Gasteiger partial charge in [-0.15, -0.1) is 0 Å². The number of halogens is 1. The number of aromatic hydroxyl groups is 1. The maximum absolute atomic E-state index is 12.5. The van der Waals surface area contributed by atoms with Crippen LogP contribution in [0.4, 0.5) is 0 Å². The molecule has 0 bridgehead atoms. The van der Waals surface area contributed by atoms with Gasteiger partial charge in [-0.25, -0.2) is 0 Å². The quantitative estimate of drug-likeness (QED) is 0.924. The molecule has 1 amide bonds. The van der Waals surface area contributed by atoms with E-state index < -0.39 is 0 Å². The number of likely N-dealkylation sites (N-methyl/N-ethyl adjacent to an activating group) is 1. The lowest BCUT2D eigenvalue weighted by molar-refractivity contribution is 0.0716. The van der Waals surface area contributed by atoms with E-state index in [-0.39, 0.29) is 22.7 Å². The Morgan fingerprint density at radius 3 is 2.89 bits per heavy atom. The number of hydrogen-bond donors (Lipinski definition) is 1. The molecule has 1 aliphatic heterocycles. The number of likely N-dealkylation sites (tertiary alicyclic amines) is 1. The molecule has 1 N–H and O–H groups in total. The third kappa shape index (κ3) is 3.19. The summed E-state index contributed by atoms with van der Waals surface area (Å²) in [5.41, 5.74) is 0.536. The first kappa shape index (κ1) is 14.2. The molecule has 1 aliphatic rings. The molecule has 0 saturated carbocycles. The molecule has 1 aromatic rings. The highest BCUT2D eigenvalue weighted by atomic mass is 35.5. The van der Waals surface area contributed by atoms with E-state index in [1.165, 1.54) is 12.1 Å². The van der Waals surface area contributed by atoms with Gasteiger partial charge in [0.05, 0.1) is 5.02 Å². The zero-order valence-corrected chi connectivity index (χ0v) is 12.0. The molecule has 1 heterocycles. The molecule has 0 radical (unpaired) electrons. The summed E-state index contributed by atoms with van der Waals surface area (Å²) >= 11 is 5.86. The molecule has 104 valence electrons. The number of nitrogens with zero attached hydrogens (tertiary/aromatic N) is 2. The smallest absolute Gasteiger partial charge is 0.254 e. The van der Waals surface area contributed by atoms with Crippen LogP contribution in [0.3, 0.4) is 0 Å². The van der Waals surface area contributed by atoms with Crippen LogP contribution in [0.15, 0.2) is 18.2 Å². The van der Waals surface area contributed by atoms with Gasteiger partial charge in [-0.1, -0.05) is 11.6 Å². The SMILES string of the molecule is CN(C)CC1CCCN1C(=O)c1ccc(O)c(Cl)c1. The van der Waals surface area contributed by atoms with Crippen LogP contribution in [0.1, 0.15) is 23.2 Å². The Labute approximate surface area is 118 Å². The average molecular weight is 283 g/mol. The van der Waals surface area contributed by atoms with Gasteiger partial charge in [0.25, 0.3) is 5.91 Å². The molecule has 1 fully saturated rings. The summed E-state index contributed by atoms with van der Waals surface area (Å²) in [7, 11) is 4.02. The number of benzene rings is 1. The fourth-order valence-electron chi connectivity index (χ4n) is 2.52. The van der Waals surface area contributed by atoms with Crippen molar-refractivity contribution >= 4 is 17.5 Å². The second-order valence-corrected chi connectivity index (χ2v) is 5.63. The van der Waals surface area contributed by atoms with E-state index >= 15 is 0 Å². The monoisotopic (exact) mass is 282 g/mol. The molecule has 1 unspecified atom stereocenters. The minimum Gasteiger partial charge on any atom is -0.506 e. The number of phenols is 1. The van der Waals surface area contributed by atoms with Crippen LogP contribution < -0.4 is 0 Å². The number of rotatable bonds is 3. The predicted molar refractivity (Wildman–Crippen MR) is 75.7 cm³/mol. The molecular formula is C14H19ClN2O2. The summed E-state index contributed by atoms with van der Waals surface area (Å²) in [5.74, 6) is -0.00395. The van der Waals surface area contributed by atoms with Gasteiger partial charge in [-0.05, 0) is 45.1 Å². The van der Waals surface area contributed by atoms with Gasteiger partial charge < -0.3 is 14.9 Å². The highest BCUT2D eigenvalue weighted by Gasteiger charge is 2.29. The van der Waals surface area contributed by atoms with Crippen molar-refractivity contribution in [3.8, 4) is 5.75 Å². The van der Waals surface area contributed by atoms with Crippen LogP contribution in [-0.4, -0.2) is 54.0 Å². The first-order valence-corrected chi connectivity index (χ1v) is 6.81. The molecule has 5 heteroatoms. The van der Waals surface area contributed by atoms with Crippen LogP contribution in [0.2, 0.25) is 5.02 Å². The number of amides is 1. The van der Waals surface area contributed by atoms with Crippen molar-refractivity contribution in [3.63, 3.8) is 0 Å². The second kappa shape index (κ2) is 5.80. The summed E-state index contributed by atoms with van der Waals surface area (Å²) in [4.78, 5) is 16.5. The lowest BCUT2D eigenvalue weighted by Gasteiger charge is -2.27. The van der Waals surface area contributed by atoms with E-state index in [1.54, 1.807) is 6.07 Å². The fourth-order valence-corrected chi connectivity index (χ4v) is 2.70. The highest BCUT2D eigenvalue weighted by Crippen LogP contribution is 2.26. The first-order valence-electron chi connectivity index (χ1n) is 6.43. The molecule has 0 aliphatic carbocycles. The van der Waals surface area contributed by atoms with Gasteiger partial charge in [0.1, 0.15) is 5.75 Å². The Bertz CT molecular complexity index is 477. The maximum atomic E-state index is 12.5. The fraction of sp³-hybridized carbons (Fsp3) is 0.500. The maximum Gasteiger partial charge on any atom is 0.254 e. The third-order valence-electron chi connectivity index (χ3n) is 3.41. The van der Waals surface area contributed by atoms with Gasteiger partial charge in [-0.2, -0.15) is 0 Å². The van der Waals surface area contributed by atoms with Gasteiger partial charge in [0.15, 0.2) is 0 Å². The molecule has 19 heavy (non-hydrogen) atoms. The molecule has 0 aromatic heterocycles. The molecule has 1 aromatic carbocycles. The number of hydrogen-bond acceptors (Lipinski definition) is 3. The standard InChI is InChI=1S/C14H19ClN2O2/c1-16(2)9-11-4-3-7-17(11)14(19)10-5-6-13(18)12(15)8-10/h5-6,8,11,18H,3-4,7,9H2,1-2H3. The lowest BCUT2D eigenvalue weighted by atomic mass is 10.1. The molecule has 2 rings (SSSR count). The van der Waals surface area contributed by atoms with Crippen LogP contribution >= 0.6 is 11.6 Å². The largest absolute Gasteiger partial charge is 0.506 e. The topological polar surface area (TPSA) is 43.8 Å². The number of carbonyl (C=O) groups excluding carboxylic acids is 1. The van der Waals surface area contributed by atoms with Crippen molar-refractivity contribution in [2.24, 2.45) is 0 Å². The molecular weight excluding hydrogens is 264 g/mol. The minimum atomic E-state index is -0.00810. The van der Waals surface area contributed by atoms with Crippen LogP contribution in [0.5, 0.6) is 5.75 Å². The summed E-state index contributed by atoms with van der Waals surface area (Å²) in [6, 6.07) is 4.88. The summed E-state index contributed by atoms with van der Waals surface area (Å²) in [5, 5.41) is 9.62. The van der Waals surface area contributed by atoms with E-state index in [9.17, 15) is 9.90 Å². The summed E-state index contributed by atoms with van der Waals surface area (Å²) in [6.07, 6.45) is 2.08. The minimum absolute atomic E-state index is 0.00415. The highest BCUT2D eigenvalue weighted by molar-refractivity contribution is 6.32. The van der Waals surface area contributed by atoms with E-state index in [4.69, 9.17) is 11.6 Å². The summed E-state index contributed by atoms with van der Waals surface area (Å²) < 4.78 is 0. The Morgan fingerprint density at radius 1 is 1.53 bits per heavy atom. The van der Waals surface area contributed by atoms with Crippen molar-refractivity contribution in [2.75, 3.05) is 27.2 Å². The van der Waals surface area contributed by atoms with E-state index in [1.807, 2.05) is 19.0 Å². The van der Waals surface area contributed by atoms with Crippen molar-refractivity contribution in [3.05, 3.63) is 28.8 Å². The Morgan fingerprint density at radius 2 is 2.26 bits per heavy atom. The van der Waals surface area contributed by atoms with Crippen LogP contribution in [-0.2, 0) is 0 Å². The molecule has 0 spiro atoms. The van der Waals surface area contributed by atoms with Crippen molar-refractivity contribution < 1.29 is 9.90 Å². The third-order valence-corrected chi connectivity index (χ3v) is 3.71. The normalized spacial score (nSPS) is 19.2. The van der Waals surface area contributed by atoms with E-state index in [2.05, 4.69) is 4.90 Å². The van der Waals surface area contributed by atoms with Crippen LogP contribution in [0, 0.1) is 0 Å². The predicted octanol–water partition coefficient (Wildman–Crippen LogP) is 2.21. The van der Waals surface area contributed by atoms with E-state index in [0.29, 0.717) is 5.56 Å². The lowest BCUT2D eigenvalue weighted by Crippen LogP contribution is -2.41. The molecule has 1 atom stereocenters. The second-order valence-electron chi connectivity index (χ2n) is 5.22. The van der Waals surface area contributed by atoms with Gasteiger partial charge in [0.2, 0.25) is 0 Å². The van der Waals surface area contributed by atoms with Crippen LogP contribution in [0.25, 0.3) is 0 Å². The van der Waals surface area contributed by atoms with Crippen molar-refractivity contribution in [1.82, 2.24) is 9.80 Å². The Kier molecular flexibility index (Phi) is 4.32.